The summed E-state index contributed by atoms with van der Waals surface area (Å²) in [5.74, 6) is -0.0987. The lowest BCUT2D eigenvalue weighted by atomic mass is 9.96. The van der Waals surface area contributed by atoms with Crippen LogP contribution in [0.3, 0.4) is 0 Å². The third-order valence-corrected chi connectivity index (χ3v) is 7.75. The fourth-order valence-corrected chi connectivity index (χ4v) is 5.30. The van der Waals surface area contributed by atoms with Crippen LogP contribution in [0.4, 0.5) is 5.69 Å². The van der Waals surface area contributed by atoms with E-state index in [1.165, 1.54) is 42.7 Å². The molecule has 2 aromatic rings. The van der Waals surface area contributed by atoms with Crippen molar-refractivity contribution in [2.24, 2.45) is 0 Å². The van der Waals surface area contributed by atoms with Gasteiger partial charge in [0.2, 0.25) is 0 Å². The molecule has 1 saturated carbocycles. The van der Waals surface area contributed by atoms with Gasteiger partial charge in [-0.2, -0.15) is 0 Å². The minimum atomic E-state index is -3.72. The number of nitrogens with one attached hydrogen (secondary N) is 1. The van der Waals surface area contributed by atoms with Crippen molar-refractivity contribution in [1.29, 1.82) is 0 Å². The Labute approximate surface area is 184 Å². The summed E-state index contributed by atoms with van der Waals surface area (Å²) < 4.78 is 27.1. The molecular formula is C23H29ClN2O3S. The molecule has 30 heavy (non-hydrogen) atoms. The summed E-state index contributed by atoms with van der Waals surface area (Å²) in [6.45, 7) is 1.82. The van der Waals surface area contributed by atoms with Gasteiger partial charge in [-0.05, 0) is 67.8 Å². The largest absolute Gasteiger partial charge is 0.349 e. The molecule has 1 amide bonds. The highest BCUT2D eigenvalue weighted by molar-refractivity contribution is 7.92. The van der Waals surface area contributed by atoms with Gasteiger partial charge in [0.1, 0.15) is 0 Å². The van der Waals surface area contributed by atoms with E-state index in [4.69, 9.17) is 11.6 Å². The van der Waals surface area contributed by atoms with E-state index in [9.17, 15) is 13.2 Å². The molecular weight excluding hydrogens is 420 g/mol. The summed E-state index contributed by atoms with van der Waals surface area (Å²) in [5.41, 5.74) is 1.81. The van der Waals surface area contributed by atoms with E-state index in [0.717, 1.165) is 31.2 Å². The third kappa shape index (κ3) is 5.35. The fraction of sp³-hybridized carbons (Fsp3) is 0.435. The Morgan fingerprint density at radius 2 is 1.60 bits per heavy atom. The maximum absolute atomic E-state index is 12.9. The van der Waals surface area contributed by atoms with Crippen LogP contribution in [0.2, 0.25) is 5.02 Å². The second-order valence-corrected chi connectivity index (χ2v) is 10.3. The summed E-state index contributed by atoms with van der Waals surface area (Å²) >= 11 is 5.87. The maximum Gasteiger partial charge on any atom is 0.264 e. The molecule has 7 heteroatoms. The topological polar surface area (TPSA) is 66.5 Å². The predicted octanol–water partition coefficient (Wildman–Crippen LogP) is 5.32. The smallest absolute Gasteiger partial charge is 0.264 e. The lowest BCUT2D eigenvalue weighted by molar-refractivity contribution is 0.0930. The van der Waals surface area contributed by atoms with Gasteiger partial charge in [-0.1, -0.05) is 43.7 Å². The van der Waals surface area contributed by atoms with Crippen molar-refractivity contribution in [3.8, 4) is 0 Å². The van der Waals surface area contributed by atoms with E-state index in [2.05, 4.69) is 5.32 Å². The highest BCUT2D eigenvalue weighted by atomic mass is 35.5. The Balaban J connectivity index is 1.75. The summed E-state index contributed by atoms with van der Waals surface area (Å²) in [6, 6.07) is 11.4. The second kappa shape index (κ2) is 9.84. The number of carbonyl (C=O) groups is 1. The number of carbonyl (C=O) groups excluding carboxylic acids is 1. The Morgan fingerprint density at radius 1 is 1.00 bits per heavy atom. The monoisotopic (exact) mass is 448 g/mol. The van der Waals surface area contributed by atoms with Gasteiger partial charge >= 0.3 is 0 Å². The van der Waals surface area contributed by atoms with Crippen molar-refractivity contribution >= 4 is 33.2 Å². The molecule has 0 spiro atoms. The van der Waals surface area contributed by atoms with Crippen molar-refractivity contribution in [1.82, 2.24) is 5.32 Å². The molecule has 0 heterocycles. The molecule has 1 aliphatic rings. The Hall–Kier alpha value is -2.05. The van der Waals surface area contributed by atoms with Gasteiger partial charge < -0.3 is 5.32 Å². The highest BCUT2D eigenvalue weighted by Gasteiger charge is 2.23. The molecule has 0 saturated heterocycles. The minimum absolute atomic E-state index is 0.0987. The van der Waals surface area contributed by atoms with Gasteiger partial charge in [-0.3, -0.25) is 9.10 Å². The quantitative estimate of drug-likeness (QED) is 0.673. The number of hydrogen-bond acceptors (Lipinski definition) is 3. The van der Waals surface area contributed by atoms with E-state index in [1.807, 2.05) is 6.92 Å². The lowest BCUT2D eigenvalue weighted by Crippen LogP contribution is -2.35. The first kappa shape index (κ1) is 22.6. The summed E-state index contributed by atoms with van der Waals surface area (Å²) in [6.07, 6.45) is 8.08. The van der Waals surface area contributed by atoms with E-state index in [-0.39, 0.29) is 16.8 Å². The van der Waals surface area contributed by atoms with Gasteiger partial charge in [-0.15, -0.1) is 0 Å². The molecule has 0 bridgehead atoms. The standard InChI is InChI=1S/C23H29ClN2O3S/c1-17-16-18(23(27)25-20-8-6-4-3-5-7-9-20)10-15-22(17)26(2)30(28,29)21-13-11-19(24)12-14-21/h10-16,20H,3-9H2,1-2H3,(H,25,27). The number of benzene rings is 2. The SMILES string of the molecule is Cc1cc(C(=O)NC2CCCCCCC2)ccc1N(C)S(=O)(=O)c1ccc(Cl)cc1. The predicted molar refractivity (Wildman–Crippen MR) is 122 cm³/mol. The van der Waals surface area contributed by atoms with Gasteiger partial charge in [0.05, 0.1) is 10.6 Å². The Bertz CT molecular complexity index is 982. The number of amides is 1. The van der Waals surface area contributed by atoms with Crippen molar-refractivity contribution in [2.75, 3.05) is 11.4 Å². The first-order chi connectivity index (χ1) is 14.3. The molecule has 0 unspecified atom stereocenters. The maximum atomic E-state index is 12.9. The number of aryl methyl sites for hydroxylation is 1. The van der Waals surface area contributed by atoms with Crippen LogP contribution in [0.15, 0.2) is 47.4 Å². The molecule has 1 fully saturated rings. The Morgan fingerprint density at radius 3 is 2.20 bits per heavy atom. The van der Waals surface area contributed by atoms with Gasteiger partial charge in [-0.25, -0.2) is 8.42 Å². The number of sulfonamides is 1. The molecule has 0 atom stereocenters. The number of halogens is 1. The van der Waals surface area contributed by atoms with Crippen molar-refractivity contribution in [3.05, 3.63) is 58.6 Å². The molecule has 5 nitrogen and oxygen atoms in total. The van der Waals surface area contributed by atoms with E-state index in [1.54, 1.807) is 30.3 Å². The molecule has 1 aliphatic carbocycles. The van der Waals surface area contributed by atoms with Crippen LogP contribution in [0, 0.1) is 6.92 Å². The second-order valence-electron chi connectivity index (χ2n) is 7.94. The van der Waals surface area contributed by atoms with E-state index >= 15 is 0 Å². The van der Waals surface area contributed by atoms with Gasteiger partial charge in [0.15, 0.2) is 0 Å². The molecule has 0 aromatic heterocycles. The first-order valence-corrected chi connectivity index (χ1v) is 12.3. The van der Waals surface area contributed by atoms with Crippen LogP contribution in [0.5, 0.6) is 0 Å². The minimum Gasteiger partial charge on any atom is -0.349 e. The third-order valence-electron chi connectivity index (χ3n) is 5.71. The van der Waals surface area contributed by atoms with Gasteiger partial charge in [0.25, 0.3) is 15.9 Å². The van der Waals surface area contributed by atoms with Crippen LogP contribution in [0.25, 0.3) is 0 Å². The first-order valence-electron chi connectivity index (χ1n) is 10.4. The zero-order valence-electron chi connectivity index (χ0n) is 17.5. The summed E-state index contributed by atoms with van der Waals surface area (Å²) in [7, 11) is -2.21. The van der Waals surface area contributed by atoms with Crippen molar-refractivity contribution in [2.45, 2.75) is 62.8 Å². The molecule has 162 valence electrons. The zero-order valence-corrected chi connectivity index (χ0v) is 19.1. The van der Waals surface area contributed by atoms with Crippen LogP contribution < -0.4 is 9.62 Å². The number of nitrogens with zero attached hydrogens (tertiary/aromatic N) is 1. The summed E-state index contributed by atoms with van der Waals surface area (Å²) in [4.78, 5) is 12.9. The normalized spacial score (nSPS) is 15.8. The molecule has 2 aromatic carbocycles. The van der Waals surface area contributed by atoms with Crippen LogP contribution in [0.1, 0.15) is 60.9 Å². The van der Waals surface area contributed by atoms with E-state index in [0.29, 0.717) is 16.3 Å². The fourth-order valence-electron chi connectivity index (χ4n) is 3.91. The van der Waals surface area contributed by atoms with E-state index < -0.39 is 10.0 Å². The highest BCUT2D eigenvalue weighted by Crippen LogP contribution is 2.27. The van der Waals surface area contributed by atoms with Gasteiger partial charge in [0, 0.05) is 23.7 Å². The number of anilines is 1. The lowest BCUT2D eigenvalue weighted by Gasteiger charge is -2.23. The number of rotatable bonds is 5. The zero-order chi connectivity index (χ0) is 21.7. The van der Waals surface area contributed by atoms with Crippen LogP contribution in [-0.2, 0) is 10.0 Å². The average molecular weight is 449 g/mol. The molecule has 1 N–H and O–H groups in total. The van der Waals surface area contributed by atoms with Crippen molar-refractivity contribution in [3.63, 3.8) is 0 Å². The Kier molecular flexibility index (Phi) is 7.42. The molecule has 0 radical (unpaired) electrons. The summed E-state index contributed by atoms with van der Waals surface area (Å²) in [5, 5.41) is 3.64. The molecule has 0 aliphatic heterocycles. The van der Waals surface area contributed by atoms with Crippen LogP contribution >= 0.6 is 11.6 Å². The molecule has 3 rings (SSSR count). The average Bonchev–Trinajstić information content (AvgIpc) is 2.69. The van der Waals surface area contributed by atoms with Crippen molar-refractivity contribution < 1.29 is 13.2 Å². The van der Waals surface area contributed by atoms with Crippen LogP contribution in [-0.4, -0.2) is 27.4 Å². The number of hydrogen-bond donors (Lipinski definition) is 1.